The Hall–Kier alpha value is -2.20. The van der Waals surface area contributed by atoms with Crippen LogP contribution in [-0.2, 0) is 12.8 Å². The SMILES string of the molecule is C/C=C/CC(O)(Cc1ccccc1F)[C@@H](O)[C@@](O)(Cc1ccccc1F)[C@H](O)[C@@H](O)CO. The summed E-state index contributed by atoms with van der Waals surface area (Å²) in [7, 11) is 0. The summed E-state index contributed by atoms with van der Waals surface area (Å²) in [5.41, 5.74) is -4.97. The van der Waals surface area contributed by atoms with E-state index in [4.69, 9.17) is 0 Å². The molecule has 0 amide bonds. The van der Waals surface area contributed by atoms with E-state index in [1.165, 1.54) is 48.5 Å². The van der Waals surface area contributed by atoms with Crippen molar-refractivity contribution in [3.05, 3.63) is 83.4 Å². The third kappa shape index (κ3) is 5.78. The monoisotopic (exact) mass is 452 g/mol. The minimum atomic E-state index is -2.70. The van der Waals surface area contributed by atoms with Crippen LogP contribution in [0.4, 0.5) is 8.78 Å². The Morgan fingerprint density at radius 1 is 0.875 bits per heavy atom. The topological polar surface area (TPSA) is 121 Å². The van der Waals surface area contributed by atoms with Crippen molar-refractivity contribution in [2.75, 3.05) is 6.61 Å². The lowest BCUT2D eigenvalue weighted by Gasteiger charge is -2.46. The Balaban J connectivity index is 2.56. The molecule has 0 bridgehead atoms. The highest BCUT2D eigenvalue weighted by Gasteiger charge is 2.54. The first-order valence-corrected chi connectivity index (χ1v) is 10.3. The number of halogens is 2. The summed E-state index contributed by atoms with van der Waals surface area (Å²) in [6.07, 6.45) is -4.58. The molecule has 5 atom stereocenters. The summed E-state index contributed by atoms with van der Waals surface area (Å²) in [5.74, 6) is -1.39. The average molecular weight is 452 g/mol. The molecule has 0 aliphatic carbocycles. The summed E-state index contributed by atoms with van der Waals surface area (Å²) in [4.78, 5) is 0. The smallest absolute Gasteiger partial charge is 0.126 e. The third-order valence-corrected chi connectivity index (χ3v) is 5.64. The molecule has 2 rings (SSSR count). The summed E-state index contributed by atoms with van der Waals surface area (Å²) in [6, 6.07) is 10.9. The minimum absolute atomic E-state index is 0.0454. The van der Waals surface area contributed by atoms with Crippen LogP contribution in [0.1, 0.15) is 24.5 Å². The summed E-state index contributed by atoms with van der Waals surface area (Å²) in [6.45, 7) is 0.694. The van der Waals surface area contributed by atoms with E-state index in [0.29, 0.717) is 0 Å². The molecular weight excluding hydrogens is 422 g/mol. The lowest BCUT2D eigenvalue weighted by molar-refractivity contribution is -0.228. The molecular formula is C24H30F2O6. The average Bonchev–Trinajstić information content (AvgIpc) is 2.79. The van der Waals surface area contributed by atoms with Crippen molar-refractivity contribution in [1.29, 1.82) is 0 Å². The van der Waals surface area contributed by atoms with E-state index in [2.05, 4.69) is 0 Å². The highest BCUT2D eigenvalue weighted by atomic mass is 19.1. The molecule has 2 aromatic carbocycles. The molecule has 0 spiro atoms. The molecule has 0 aromatic heterocycles. The van der Waals surface area contributed by atoms with Crippen LogP contribution in [0.2, 0.25) is 0 Å². The lowest BCUT2D eigenvalue weighted by Crippen LogP contribution is -2.66. The van der Waals surface area contributed by atoms with Gasteiger partial charge in [0.05, 0.1) is 6.61 Å². The van der Waals surface area contributed by atoms with Crippen LogP contribution in [0.25, 0.3) is 0 Å². The van der Waals surface area contributed by atoms with Gasteiger partial charge < -0.3 is 30.6 Å². The molecule has 32 heavy (non-hydrogen) atoms. The molecule has 0 saturated heterocycles. The van der Waals surface area contributed by atoms with Gasteiger partial charge in [-0.15, -0.1) is 0 Å². The predicted octanol–water partition coefficient (Wildman–Crippen LogP) is 1.25. The molecule has 8 heteroatoms. The molecule has 0 saturated carbocycles. The van der Waals surface area contributed by atoms with Crippen molar-refractivity contribution in [3.63, 3.8) is 0 Å². The van der Waals surface area contributed by atoms with Gasteiger partial charge in [0.25, 0.3) is 0 Å². The molecule has 6 nitrogen and oxygen atoms in total. The Morgan fingerprint density at radius 2 is 1.38 bits per heavy atom. The van der Waals surface area contributed by atoms with E-state index in [1.807, 2.05) is 0 Å². The second-order valence-corrected chi connectivity index (χ2v) is 8.00. The standard InChI is InChI=1S/C24H30F2O6/c1-2-3-12-23(31,13-16-8-4-6-10-18(16)25)22(30)24(32,21(29)20(28)15-27)14-17-9-5-7-11-19(17)26/h2-11,20-22,27-32H,12-15H2,1H3/b3-2+/t20-,21+,22+,23?,24+/m0/s1. The predicted molar refractivity (Wildman–Crippen MR) is 115 cm³/mol. The van der Waals surface area contributed by atoms with Crippen molar-refractivity contribution in [2.24, 2.45) is 0 Å². The Kier molecular flexibility index (Phi) is 9.03. The maximum absolute atomic E-state index is 14.3. The van der Waals surface area contributed by atoms with Crippen LogP contribution >= 0.6 is 0 Å². The molecule has 0 heterocycles. The fraction of sp³-hybridized carbons (Fsp3) is 0.417. The van der Waals surface area contributed by atoms with E-state index >= 15 is 0 Å². The van der Waals surface area contributed by atoms with Gasteiger partial charge in [0.2, 0.25) is 0 Å². The second-order valence-electron chi connectivity index (χ2n) is 8.00. The Bertz CT molecular complexity index is 908. The van der Waals surface area contributed by atoms with Crippen LogP contribution in [-0.4, -0.2) is 66.8 Å². The highest BCUT2D eigenvalue weighted by Crippen LogP contribution is 2.35. The Labute approximate surface area is 185 Å². The van der Waals surface area contributed by atoms with Gasteiger partial charge in [-0.25, -0.2) is 8.78 Å². The number of allylic oxidation sites excluding steroid dienone is 1. The van der Waals surface area contributed by atoms with Crippen molar-refractivity contribution < 1.29 is 39.4 Å². The van der Waals surface area contributed by atoms with E-state index < -0.39 is 60.6 Å². The van der Waals surface area contributed by atoms with Gasteiger partial charge in [-0.3, -0.25) is 0 Å². The summed E-state index contributed by atoms with van der Waals surface area (Å²) < 4.78 is 28.6. The maximum atomic E-state index is 14.3. The first-order valence-electron chi connectivity index (χ1n) is 10.3. The van der Waals surface area contributed by atoms with Crippen molar-refractivity contribution in [2.45, 2.75) is 55.7 Å². The van der Waals surface area contributed by atoms with E-state index in [-0.39, 0.29) is 17.5 Å². The zero-order valence-corrected chi connectivity index (χ0v) is 17.8. The number of aliphatic hydroxyl groups excluding tert-OH is 4. The zero-order valence-electron chi connectivity index (χ0n) is 17.8. The van der Waals surface area contributed by atoms with Gasteiger partial charge in [-0.1, -0.05) is 48.6 Å². The van der Waals surface area contributed by atoms with Crippen molar-refractivity contribution >= 4 is 0 Å². The van der Waals surface area contributed by atoms with Crippen LogP contribution < -0.4 is 0 Å². The van der Waals surface area contributed by atoms with Crippen molar-refractivity contribution in [1.82, 2.24) is 0 Å². The van der Waals surface area contributed by atoms with Crippen LogP contribution in [0, 0.1) is 11.6 Å². The summed E-state index contributed by atoms with van der Waals surface area (Å²) in [5, 5.41) is 63.9. The first kappa shape index (κ1) is 26.1. The van der Waals surface area contributed by atoms with Crippen LogP contribution in [0.3, 0.4) is 0 Å². The van der Waals surface area contributed by atoms with E-state index in [9.17, 15) is 39.4 Å². The molecule has 0 fully saturated rings. The zero-order chi connectivity index (χ0) is 23.9. The summed E-state index contributed by atoms with van der Waals surface area (Å²) >= 11 is 0. The molecule has 0 radical (unpaired) electrons. The van der Waals surface area contributed by atoms with Gasteiger partial charge in [0, 0.05) is 12.8 Å². The fourth-order valence-electron chi connectivity index (χ4n) is 3.78. The van der Waals surface area contributed by atoms with Gasteiger partial charge in [0.15, 0.2) is 0 Å². The number of benzene rings is 2. The molecule has 0 aliphatic heterocycles. The van der Waals surface area contributed by atoms with Gasteiger partial charge in [-0.05, 0) is 36.6 Å². The van der Waals surface area contributed by atoms with Crippen LogP contribution in [0.5, 0.6) is 0 Å². The minimum Gasteiger partial charge on any atom is -0.394 e. The van der Waals surface area contributed by atoms with Crippen molar-refractivity contribution in [3.8, 4) is 0 Å². The number of hydrogen-bond donors (Lipinski definition) is 6. The number of rotatable bonds is 11. The third-order valence-electron chi connectivity index (χ3n) is 5.64. The fourth-order valence-corrected chi connectivity index (χ4v) is 3.78. The largest absolute Gasteiger partial charge is 0.394 e. The second kappa shape index (κ2) is 11.1. The number of aliphatic hydroxyl groups is 6. The normalized spacial score (nSPS) is 18.7. The maximum Gasteiger partial charge on any atom is 0.126 e. The molecule has 1 unspecified atom stereocenters. The van der Waals surface area contributed by atoms with E-state index in [0.717, 1.165) is 6.07 Å². The quantitative estimate of drug-likeness (QED) is 0.286. The van der Waals surface area contributed by atoms with Gasteiger partial charge >= 0.3 is 0 Å². The van der Waals surface area contributed by atoms with Crippen LogP contribution in [0.15, 0.2) is 60.7 Å². The van der Waals surface area contributed by atoms with Gasteiger partial charge in [0.1, 0.15) is 41.1 Å². The van der Waals surface area contributed by atoms with E-state index in [1.54, 1.807) is 13.0 Å². The Morgan fingerprint density at radius 3 is 1.84 bits per heavy atom. The highest BCUT2D eigenvalue weighted by molar-refractivity contribution is 5.25. The van der Waals surface area contributed by atoms with Gasteiger partial charge in [-0.2, -0.15) is 0 Å². The number of hydrogen-bond acceptors (Lipinski definition) is 6. The molecule has 6 N–H and O–H groups in total. The molecule has 176 valence electrons. The molecule has 2 aromatic rings. The molecule has 0 aliphatic rings. The first-order chi connectivity index (χ1) is 15.1. The lowest BCUT2D eigenvalue weighted by atomic mass is 9.71.